The van der Waals surface area contributed by atoms with Gasteiger partial charge >= 0.3 is 0 Å². The van der Waals surface area contributed by atoms with E-state index in [0.29, 0.717) is 0 Å². The van der Waals surface area contributed by atoms with Crippen LogP contribution in [0.5, 0.6) is 0 Å². The number of hydrogen-bond acceptors (Lipinski definition) is 8. The monoisotopic (exact) mass is 277 g/mol. The Hall–Kier alpha value is -1.26. The second-order valence-electron chi connectivity index (χ2n) is 4.53. The molecule has 5 atom stereocenters. The molecule has 1 unspecified atom stereocenters. The Morgan fingerprint density at radius 3 is 2.84 bits per heavy atom. The van der Waals surface area contributed by atoms with Crippen LogP contribution in [0.2, 0.25) is 0 Å². The molecule has 0 bridgehead atoms. The minimum Gasteiger partial charge on any atom is -0.388 e. The summed E-state index contributed by atoms with van der Waals surface area (Å²) in [5.74, 6) is -2.62. The Morgan fingerprint density at radius 2 is 2.26 bits per heavy atom. The fourth-order valence-electron chi connectivity index (χ4n) is 2.41. The van der Waals surface area contributed by atoms with Gasteiger partial charge in [-0.3, -0.25) is 4.84 Å². The molecule has 19 heavy (non-hydrogen) atoms. The van der Waals surface area contributed by atoms with E-state index in [9.17, 15) is 25.4 Å². The van der Waals surface area contributed by atoms with Crippen molar-refractivity contribution >= 4 is 0 Å². The first-order valence-electron chi connectivity index (χ1n) is 5.67. The summed E-state index contributed by atoms with van der Waals surface area (Å²) in [6.07, 6.45) is -0.722. The Balaban J connectivity index is 2.33. The molecule has 2 aliphatic heterocycles. The second kappa shape index (κ2) is 4.69. The van der Waals surface area contributed by atoms with E-state index in [1.165, 1.54) is 13.0 Å². The number of nitrogens with zero attached hydrogens (tertiary/aromatic N) is 1. The van der Waals surface area contributed by atoms with Crippen LogP contribution in [0.3, 0.4) is 0 Å². The number of ether oxygens (including phenoxy) is 2. The summed E-state index contributed by atoms with van der Waals surface area (Å²) >= 11 is 0. The summed E-state index contributed by atoms with van der Waals surface area (Å²) in [7, 11) is 0. The molecule has 9 nitrogen and oxygen atoms in total. The van der Waals surface area contributed by atoms with Gasteiger partial charge in [0, 0.05) is 0 Å². The smallest absolute Gasteiger partial charge is 0.297 e. The minimum atomic E-state index is -2.62. The van der Waals surface area contributed by atoms with E-state index in [1.807, 2.05) is 0 Å². The van der Waals surface area contributed by atoms with Crippen LogP contribution in [0, 0.1) is 10.1 Å². The molecule has 0 aromatic carbocycles. The van der Waals surface area contributed by atoms with Crippen molar-refractivity contribution in [3.63, 3.8) is 0 Å². The highest BCUT2D eigenvalue weighted by molar-refractivity contribution is 5.16. The Kier molecular flexibility index (Phi) is 3.49. The number of rotatable bonds is 4. The van der Waals surface area contributed by atoms with Crippen molar-refractivity contribution in [2.24, 2.45) is 0 Å². The maximum absolute atomic E-state index is 10.5. The topological polar surface area (TPSA) is 132 Å². The molecule has 2 rings (SSSR count). The largest absolute Gasteiger partial charge is 0.388 e. The highest BCUT2D eigenvalue weighted by atomic mass is 17.0. The van der Waals surface area contributed by atoms with Crippen molar-refractivity contribution in [2.75, 3.05) is 13.2 Å². The van der Waals surface area contributed by atoms with Gasteiger partial charge < -0.3 is 24.8 Å². The van der Waals surface area contributed by atoms with Crippen molar-refractivity contribution in [3.8, 4) is 0 Å². The molecule has 2 fully saturated rings. The third kappa shape index (κ3) is 2.09. The SMILES string of the molecule is CC=CC(O)(O[N+](=O)[O-])[C@]1(O)CO[C@@H]2[C@H](O)CO[C@@H]21. The Bertz CT molecular complexity index is 401. The maximum atomic E-state index is 10.5. The Labute approximate surface area is 108 Å². The lowest BCUT2D eigenvalue weighted by molar-refractivity contribution is -0.797. The lowest BCUT2D eigenvalue weighted by atomic mass is 9.86. The first kappa shape index (κ1) is 14.2. The van der Waals surface area contributed by atoms with Crippen LogP contribution in [-0.4, -0.2) is 63.3 Å². The second-order valence-corrected chi connectivity index (χ2v) is 4.53. The van der Waals surface area contributed by atoms with Crippen LogP contribution < -0.4 is 0 Å². The molecule has 0 radical (unpaired) electrons. The molecular weight excluding hydrogens is 262 g/mol. The summed E-state index contributed by atoms with van der Waals surface area (Å²) < 4.78 is 10.3. The minimum absolute atomic E-state index is 0.0952. The van der Waals surface area contributed by atoms with E-state index in [-0.39, 0.29) is 6.61 Å². The van der Waals surface area contributed by atoms with Gasteiger partial charge in [-0.05, 0) is 13.0 Å². The van der Waals surface area contributed by atoms with Crippen molar-refractivity contribution < 1.29 is 34.7 Å². The van der Waals surface area contributed by atoms with Crippen LogP contribution in [0.4, 0.5) is 0 Å². The van der Waals surface area contributed by atoms with E-state index < -0.39 is 41.4 Å². The Morgan fingerprint density at radius 1 is 1.58 bits per heavy atom. The highest BCUT2D eigenvalue weighted by Gasteiger charge is 2.66. The van der Waals surface area contributed by atoms with Gasteiger partial charge in [-0.2, -0.15) is 0 Å². The fourth-order valence-corrected chi connectivity index (χ4v) is 2.41. The molecule has 0 saturated carbocycles. The lowest BCUT2D eigenvalue weighted by Crippen LogP contribution is -2.63. The molecule has 0 aromatic heterocycles. The van der Waals surface area contributed by atoms with Crippen LogP contribution in [0.1, 0.15) is 6.92 Å². The fraction of sp³-hybridized carbons (Fsp3) is 0.800. The lowest BCUT2D eigenvalue weighted by Gasteiger charge is -2.38. The van der Waals surface area contributed by atoms with Crippen molar-refractivity contribution in [3.05, 3.63) is 22.3 Å². The van der Waals surface area contributed by atoms with E-state index in [0.717, 1.165) is 6.08 Å². The van der Waals surface area contributed by atoms with Gasteiger partial charge in [0.1, 0.15) is 18.3 Å². The first-order chi connectivity index (χ1) is 8.84. The molecule has 2 aliphatic rings. The molecule has 0 aliphatic carbocycles. The van der Waals surface area contributed by atoms with Gasteiger partial charge in [0.2, 0.25) is 0 Å². The first-order valence-corrected chi connectivity index (χ1v) is 5.67. The summed E-state index contributed by atoms with van der Waals surface area (Å²) in [5, 5.41) is 39.6. The molecule has 9 heteroatoms. The number of aliphatic hydroxyl groups is 3. The van der Waals surface area contributed by atoms with Gasteiger partial charge in [0.25, 0.3) is 10.9 Å². The van der Waals surface area contributed by atoms with Crippen LogP contribution >= 0.6 is 0 Å². The normalized spacial score (nSPS) is 41.2. The van der Waals surface area contributed by atoms with Crippen molar-refractivity contribution in [1.82, 2.24) is 0 Å². The van der Waals surface area contributed by atoms with E-state index in [1.54, 1.807) is 0 Å². The zero-order valence-electron chi connectivity index (χ0n) is 10.1. The molecule has 108 valence electrons. The molecular formula is C10H15NO8. The van der Waals surface area contributed by atoms with E-state index in [2.05, 4.69) is 4.84 Å². The molecule has 3 N–H and O–H groups in total. The number of allylic oxidation sites excluding steroid dienone is 1. The predicted octanol–water partition coefficient (Wildman–Crippen LogP) is -1.65. The van der Waals surface area contributed by atoms with Crippen LogP contribution in [-0.2, 0) is 14.3 Å². The molecule has 0 amide bonds. The van der Waals surface area contributed by atoms with Gasteiger partial charge in [0.15, 0.2) is 5.60 Å². The molecule has 2 saturated heterocycles. The average Bonchev–Trinajstić information content (AvgIpc) is 2.82. The van der Waals surface area contributed by atoms with E-state index >= 15 is 0 Å². The number of aliphatic hydroxyl groups excluding tert-OH is 1. The molecule has 2 heterocycles. The zero-order valence-corrected chi connectivity index (χ0v) is 10.1. The van der Waals surface area contributed by atoms with E-state index in [4.69, 9.17) is 9.47 Å². The predicted molar refractivity (Wildman–Crippen MR) is 58.3 cm³/mol. The third-order valence-electron chi connectivity index (χ3n) is 3.32. The van der Waals surface area contributed by atoms with Crippen molar-refractivity contribution in [2.45, 2.75) is 36.6 Å². The summed E-state index contributed by atoms with van der Waals surface area (Å²) in [6.45, 7) is 0.936. The third-order valence-corrected chi connectivity index (χ3v) is 3.32. The van der Waals surface area contributed by atoms with Gasteiger partial charge in [-0.15, -0.1) is 10.1 Å². The number of fused-ring (bicyclic) bond motifs is 1. The van der Waals surface area contributed by atoms with Gasteiger partial charge in [0.05, 0.1) is 13.2 Å². The van der Waals surface area contributed by atoms with Crippen molar-refractivity contribution in [1.29, 1.82) is 0 Å². The molecule has 0 spiro atoms. The molecule has 0 aromatic rings. The standard InChI is InChI=1S/C10H15NO8/c1-2-3-10(14,19-11(15)16)9(13)5-18-7-6(12)4-17-8(7)9/h2-3,6-8,12-14H,4-5H2,1H3/t6-,7-,8+,9+,10?/m1/s1. The van der Waals surface area contributed by atoms with Crippen LogP contribution in [0.15, 0.2) is 12.2 Å². The number of hydrogen-bond donors (Lipinski definition) is 3. The zero-order chi connectivity index (χ0) is 14.3. The quantitative estimate of drug-likeness (QED) is 0.241. The van der Waals surface area contributed by atoms with Crippen LogP contribution in [0.25, 0.3) is 0 Å². The van der Waals surface area contributed by atoms with Gasteiger partial charge in [-0.1, -0.05) is 6.08 Å². The summed E-state index contributed by atoms with van der Waals surface area (Å²) in [4.78, 5) is 14.7. The average molecular weight is 277 g/mol. The summed E-state index contributed by atoms with van der Waals surface area (Å²) in [6, 6.07) is 0. The highest BCUT2D eigenvalue weighted by Crippen LogP contribution is 2.41. The van der Waals surface area contributed by atoms with Gasteiger partial charge in [-0.25, -0.2) is 0 Å². The maximum Gasteiger partial charge on any atom is 0.297 e. The summed E-state index contributed by atoms with van der Waals surface area (Å²) in [5.41, 5.74) is -2.19.